The Morgan fingerprint density at radius 2 is 1.69 bits per heavy atom. The quantitative estimate of drug-likeness (QED) is 0.575. The van der Waals surface area contributed by atoms with E-state index in [-0.39, 0.29) is 11.9 Å². The highest BCUT2D eigenvalue weighted by atomic mass is 16.5. The van der Waals surface area contributed by atoms with Crippen molar-refractivity contribution in [1.82, 2.24) is 0 Å². The van der Waals surface area contributed by atoms with Gasteiger partial charge in [0.2, 0.25) is 5.91 Å². The van der Waals surface area contributed by atoms with Crippen molar-refractivity contribution in [2.75, 3.05) is 19.5 Å². The van der Waals surface area contributed by atoms with Crippen LogP contribution in [0.5, 0.6) is 5.75 Å². The first-order valence-corrected chi connectivity index (χ1v) is 9.47. The van der Waals surface area contributed by atoms with E-state index < -0.39 is 5.91 Å². The third-order valence-electron chi connectivity index (χ3n) is 5.16. The van der Waals surface area contributed by atoms with Crippen LogP contribution < -0.4 is 20.7 Å². The Labute approximate surface area is 170 Å². The highest BCUT2D eigenvalue weighted by molar-refractivity contribution is 5.96. The lowest BCUT2D eigenvalue weighted by Gasteiger charge is -2.21. The first-order valence-electron chi connectivity index (χ1n) is 9.47. The fourth-order valence-corrected chi connectivity index (χ4v) is 3.18. The summed E-state index contributed by atoms with van der Waals surface area (Å²) in [5, 5.41) is 5.15. The molecule has 6 nitrogen and oxygen atoms in total. The van der Waals surface area contributed by atoms with Crippen LogP contribution >= 0.6 is 0 Å². The highest BCUT2D eigenvalue weighted by Gasteiger charge is 2.22. The van der Waals surface area contributed by atoms with Gasteiger partial charge in [-0.25, -0.2) is 0 Å². The smallest absolute Gasteiger partial charge is 0.282 e. The second kappa shape index (κ2) is 8.75. The number of methoxy groups -OCH3 is 1. The van der Waals surface area contributed by atoms with E-state index in [1.807, 2.05) is 32.2 Å². The Kier molecular flexibility index (Phi) is 6.14. The molecule has 0 fully saturated rings. The summed E-state index contributed by atoms with van der Waals surface area (Å²) in [4.78, 5) is 24.8. The number of carbonyl (C=O) groups is 2. The lowest BCUT2D eigenvalue weighted by atomic mass is 10.1. The minimum absolute atomic E-state index is 0.0835. The van der Waals surface area contributed by atoms with Gasteiger partial charge in [0.25, 0.3) is 5.91 Å². The minimum atomic E-state index is -0.491. The summed E-state index contributed by atoms with van der Waals surface area (Å²) < 4.78 is 5.27. The molecule has 0 spiro atoms. The molecule has 0 aliphatic carbocycles. The number of likely N-dealkylation sites (N-methyl/N-ethyl adjacent to an activating group) is 1. The molecule has 29 heavy (non-hydrogen) atoms. The molecular formula is C23H26N3O3+. The average Bonchev–Trinajstić information content (AvgIpc) is 2.73. The summed E-state index contributed by atoms with van der Waals surface area (Å²) in [5.41, 5.74) is 7.45. The van der Waals surface area contributed by atoms with Gasteiger partial charge in [0.1, 0.15) is 12.3 Å². The van der Waals surface area contributed by atoms with Gasteiger partial charge in [0.05, 0.1) is 14.2 Å². The summed E-state index contributed by atoms with van der Waals surface area (Å²) in [6.45, 7) is 2.62. The van der Waals surface area contributed by atoms with E-state index in [2.05, 4.69) is 23.5 Å². The molecule has 150 valence electrons. The fourth-order valence-electron chi connectivity index (χ4n) is 3.18. The number of hydrogen-bond acceptors (Lipinski definition) is 3. The van der Waals surface area contributed by atoms with Crippen molar-refractivity contribution in [3.63, 3.8) is 0 Å². The second-order valence-electron chi connectivity index (χ2n) is 7.22. The molecular weight excluding hydrogens is 366 g/mol. The molecule has 4 N–H and O–H groups in total. The van der Waals surface area contributed by atoms with Crippen molar-refractivity contribution < 1.29 is 19.2 Å². The molecule has 0 aliphatic heterocycles. The van der Waals surface area contributed by atoms with Crippen LogP contribution in [0.25, 0.3) is 10.8 Å². The zero-order valence-electron chi connectivity index (χ0n) is 16.9. The van der Waals surface area contributed by atoms with Crippen molar-refractivity contribution in [3.05, 3.63) is 71.8 Å². The van der Waals surface area contributed by atoms with Gasteiger partial charge in [-0.05, 0) is 60.2 Å². The normalized spacial score (nSPS) is 12.9. The molecule has 1 unspecified atom stereocenters. The maximum Gasteiger partial charge on any atom is 0.282 e. The van der Waals surface area contributed by atoms with Crippen LogP contribution in [0.3, 0.4) is 0 Å². The topological polar surface area (TPSA) is 85.9 Å². The van der Waals surface area contributed by atoms with Crippen LogP contribution in [0.1, 0.15) is 22.8 Å². The van der Waals surface area contributed by atoms with E-state index in [0.29, 0.717) is 11.3 Å². The Hall–Kier alpha value is -3.38. The molecule has 3 aromatic rings. The van der Waals surface area contributed by atoms with Gasteiger partial charge in [-0.1, -0.05) is 18.2 Å². The van der Waals surface area contributed by atoms with Gasteiger partial charge in [0, 0.05) is 16.8 Å². The van der Waals surface area contributed by atoms with Crippen LogP contribution in [-0.4, -0.2) is 32.0 Å². The first kappa shape index (κ1) is 20.4. The Balaban J connectivity index is 1.64. The SMILES string of the molecule is COc1ccc2cc(C[NH+](C)[C@H](C)C(=O)Nc3ccc(C(N)=O)cc3)ccc2c1. The van der Waals surface area contributed by atoms with Gasteiger partial charge in [0.15, 0.2) is 6.04 Å². The van der Waals surface area contributed by atoms with Gasteiger partial charge < -0.3 is 20.7 Å². The Bertz CT molecular complexity index is 1030. The number of benzene rings is 3. The summed E-state index contributed by atoms with van der Waals surface area (Å²) in [6.07, 6.45) is 0. The number of rotatable bonds is 7. The van der Waals surface area contributed by atoms with Crippen molar-refractivity contribution in [2.45, 2.75) is 19.5 Å². The van der Waals surface area contributed by atoms with Gasteiger partial charge in [-0.2, -0.15) is 0 Å². The number of nitrogens with two attached hydrogens (primary N) is 1. The summed E-state index contributed by atoms with van der Waals surface area (Å²) in [5.74, 6) is 0.260. The average molecular weight is 392 g/mol. The van der Waals surface area contributed by atoms with Gasteiger partial charge >= 0.3 is 0 Å². The van der Waals surface area contributed by atoms with E-state index in [1.165, 1.54) is 0 Å². The largest absolute Gasteiger partial charge is 0.497 e. The van der Waals surface area contributed by atoms with Crippen LogP contribution in [-0.2, 0) is 11.3 Å². The van der Waals surface area contributed by atoms with Gasteiger partial charge in [-0.15, -0.1) is 0 Å². The van der Waals surface area contributed by atoms with E-state index >= 15 is 0 Å². The number of nitrogens with one attached hydrogen (secondary N) is 2. The molecule has 0 aromatic heterocycles. The third kappa shape index (κ3) is 4.92. The number of ether oxygens (including phenoxy) is 1. The zero-order chi connectivity index (χ0) is 21.0. The number of hydrogen-bond donors (Lipinski definition) is 3. The zero-order valence-corrected chi connectivity index (χ0v) is 16.9. The molecule has 2 amide bonds. The van der Waals surface area contributed by atoms with Crippen molar-refractivity contribution in [3.8, 4) is 5.75 Å². The van der Waals surface area contributed by atoms with E-state index in [9.17, 15) is 9.59 Å². The lowest BCUT2D eigenvalue weighted by molar-refractivity contribution is -0.907. The standard InChI is InChI=1S/C23H25N3O3/c1-15(23(28)25-20-9-6-17(7-10-20)22(24)27)26(2)14-16-4-5-19-13-21(29-3)11-8-18(19)12-16/h4-13,15H,14H2,1-3H3,(H2,24,27)(H,25,28)/p+1/t15-/m1/s1. The van der Waals surface area contributed by atoms with Crippen molar-refractivity contribution >= 4 is 28.3 Å². The molecule has 6 heteroatoms. The predicted molar refractivity (Wildman–Crippen MR) is 114 cm³/mol. The molecule has 3 aromatic carbocycles. The highest BCUT2D eigenvalue weighted by Crippen LogP contribution is 2.21. The number of carbonyl (C=O) groups excluding carboxylic acids is 2. The number of primary amides is 1. The van der Waals surface area contributed by atoms with E-state index in [0.717, 1.165) is 33.5 Å². The molecule has 0 radical (unpaired) electrons. The van der Waals surface area contributed by atoms with Gasteiger partial charge in [-0.3, -0.25) is 9.59 Å². The number of fused-ring (bicyclic) bond motifs is 1. The molecule has 3 rings (SSSR count). The van der Waals surface area contributed by atoms with Crippen LogP contribution in [0, 0.1) is 0 Å². The molecule has 0 heterocycles. The van der Waals surface area contributed by atoms with Crippen LogP contribution in [0.2, 0.25) is 0 Å². The van der Waals surface area contributed by atoms with Crippen LogP contribution in [0.4, 0.5) is 5.69 Å². The summed E-state index contributed by atoms with van der Waals surface area (Å²) in [7, 11) is 3.66. The van der Waals surface area contributed by atoms with E-state index in [1.54, 1.807) is 31.4 Å². The lowest BCUT2D eigenvalue weighted by Crippen LogP contribution is -3.12. The second-order valence-corrected chi connectivity index (χ2v) is 7.22. The number of amides is 2. The monoisotopic (exact) mass is 392 g/mol. The van der Waals surface area contributed by atoms with Crippen molar-refractivity contribution in [1.29, 1.82) is 0 Å². The fraction of sp³-hybridized carbons (Fsp3) is 0.217. The summed E-state index contributed by atoms with van der Waals surface area (Å²) >= 11 is 0. The molecule has 0 saturated carbocycles. The Morgan fingerprint density at radius 3 is 2.34 bits per heavy atom. The minimum Gasteiger partial charge on any atom is -0.497 e. The molecule has 0 bridgehead atoms. The maximum absolute atomic E-state index is 12.6. The maximum atomic E-state index is 12.6. The Morgan fingerprint density at radius 1 is 1.03 bits per heavy atom. The van der Waals surface area contributed by atoms with E-state index in [4.69, 9.17) is 10.5 Å². The molecule has 0 aliphatic rings. The van der Waals surface area contributed by atoms with Crippen LogP contribution in [0.15, 0.2) is 60.7 Å². The third-order valence-corrected chi connectivity index (χ3v) is 5.16. The first-order chi connectivity index (χ1) is 13.9. The number of quaternary nitrogens is 1. The molecule has 2 atom stereocenters. The molecule has 0 saturated heterocycles. The predicted octanol–water partition coefficient (Wildman–Crippen LogP) is 1.99. The number of anilines is 1. The van der Waals surface area contributed by atoms with Crippen molar-refractivity contribution in [2.24, 2.45) is 5.73 Å². The summed E-state index contributed by atoms with van der Waals surface area (Å²) in [6, 6.07) is 18.6.